The van der Waals surface area contributed by atoms with Gasteiger partial charge in [0.05, 0.1) is 12.8 Å². The van der Waals surface area contributed by atoms with E-state index in [2.05, 4.69) is 23.2 Å². The van der Waals surface area contributed by atoms with Crippen LogP contribution in [0.15, 0.2) is 22.8 Å². The molecular formula is C21H34N2OS. The normalized spacial score (nSPS) is 25.8. The van der Waals surface area contributed by atoms with Gasteiger partial charge in [0, 0.05) is 12.1 Å². The van der Waals surface area contributed by atoms with Crippen molar-refractivity contribution < 1.29 is 4.42 Å². The van der Waals surface area contributed by atoms with Crippen LogP contribution < -0.4 is 5.32 Å². The fourth-order valence-electron chi connectivity index (χ4n) is 4.53. The number of nitrogens with one attached hydrogen (secondary N) is 1. The van der Waals surface area contributed by atoms with Crippen LogP contribution in [0.4, 0.5) is 0 Å². The first-order chi connectivity index (χ1) is 12.2. The lowest BCUT2D eigenvalue weighted by Crippen LogP contribution is -2.51. The van der Waals surface area contributed by atoms with Crippen LogP contribution in [0.2, 0.25) is 0 Å². The van der Waals surface area contributed by atoms with Crippen molar-refractivity contribution in [2.75, 3.05) is 0 Å². The van der Waals surface area contributed by atoms with E-state index in [0.29, 0.717) is 18.0 Å². The number of furan rings is 1. The third-order valence-corrected chi connectivity index (χ3v) is 6.42. The van der Waals surface area contributed by atoms with E-state index in [4.69, 9.17) is 16.6 Å². The van der Waals surface area contributed by atoms with E-state index in [0.717, 1.165) is 17.4 Å². The first-order valence-electron chi connectivity index (χ1n) is 10.3. The Kier molecular flexibility index (Phi) is 7.21. The van der Waals surface area contributed by atoms with E-state index in [1.807, 2.05) is 6.07 Å². The van der Waals surface area contributed by atoms with E-state index in [-0.39, 0.29) is 0 Å². The molecule has 4 heteroatoms. The van der Waals surface area contributed by atoms with Gasteiger partial charge in [0.15, 0.2) is 5.11 Å². The predicted molar refractivity (Wildman–Crippen MR) is 108 cm³/mol. The van der Waals surface area contributed by atoms with Crippen molar-refractivity contribution in [1.82, 2.24) is 10.2 Å². The third-order valence-electron chi connectivity index (χ3n) is 6.07. The highest BCUT2D eigenvalue weighted by Gasteiger charge is 2.30. The van der Waals surface area contributed by atoms with Gasteiger partial charge in [0.1, 0.15) is 5.76 Å². The zero-order valence-electron chi connectivity index (χ0n) is 15.7. The first kappa shape index (κ1) is 18.8. The maximum absolute atomic E-state index is 5.91. The van der Waals surface area contributed by atoms with Gasteiger partial charge in [-0.1, -0.05) is 51.9 Å². The SMILES string of the molecule is CC1CCCCC1N(Cc1ccco1)C(=S)NC1CCCCCCC1. The zero-order valence-corrected chi connectivity index (χ0v) is 16.5. The van der Waals surface area contributed by atoms with Crippen LogP contribution >= 0.6 is 12.2 Å². The summed E-state index contributed by atoms with van der Waals surface area (Å²) in [6.07, 6.45) is 16.3. The highest BCUT2D eigenvalue weighted by atomic mass is 32.1. The molecule has 1 heterocycles. The van der Waals surface area contributed by atoms with Gasteiger partial charge in [-0.15, -0.1) is 0 Å². The molecule has 140 valence electrons. The second kappa shape index (κ2) is 9.61. The van der Waals surface area contributed by atoms with Crippen LogP contribution in [0.25, 0.3) is 0 Å². The van der Waals surface area contributed by atoms with Crippen LogP contribution in [0.3, 0.4) is 0 Å². The van der Waals surface area contributed by atoms with Crippen LogP contribution in [-0.4, -0.2) is 22.1 Å². The molecular weight excluding hydrogens is 328 g/mol. The smallest absolute Gasteiger partial charge is 0.169 e. The third kappa shape index (κ3) is 5.47. The summed E-state index contributed by atoms with van der Waals surface area (Å²) in [6, 6.07) is 5.13. The lowest BCUT2D eigenvalue weighted by molar-refractivity contribution is 0.164. The summed E-state index contributed by atoms with van der Waals surface area (Å²) in [5.74, 6) is 1.71. The van der Waals surface area contributed by atoms with Gasteiger partial charge >= 0.3 is 0 Å². The Morgan fingerprint density at radius 3 is 2.44 bits per heavy atom. The molecule has 0 bridgehead atoms. The molecule has 3 nitrogen and oxygen atoms in total. The molecule has 1 aromatic heterocycles. The van der Waals surface area contributed by atoms with E-state index in [1.165, 1.54) is 70.6 Å². The molecule has 2 unspecified atom stereocenters. The molecule has 2 fully saturated rings. The van der Waals surface area contributed by atoms with Crippen molar-refractivity contribution in [1.29, 1.82) is 0 Å². The van der Waals surface area contributed by atoms with Crippen LogP contribution in [-0.2, 0) is 6.54 Å². The lowest BCUT2D eigenvalue weighted by atomic mass is 9.85. The molecule has 2 atom stereocenters. The fourth-order valence-corrected chi connectivity index (χ4v) is 4.89. The largest absolute Gasteiger partial charge is 0.467 e. The Hall–Kier alpha value is -1.03. The Labute approximate surface area is 158 Å². The van der Waals surface area contributed by atoms with Gasteiger partial charge in [-0.2, -0.15) is 0 Å². The summed E-state index contributed by atoms with van der Waals surface area (Å²) in [6.45, 7) is 3.18. The number of nitrogens with zero attached hydrogens (tertiary/aromatic N) is 1. The highest BCUT2D eigenvalue weighted by molar-refractivity contribution is 7.80. The minimum absolute atomic E-state index is 0.535. The second-order valence-electron chi connectivity index (χ2n) is 8.03. The summed E-state index contributed by atoms with van der Waals surface area (Å²) in [5.41, 5.74) is 0. The van der Waals surface area contributed by atoms with Crippen molar-refractivity contribution in [3.63, 3.8) is 0 Å². The van der Waals surface area contributed by atoms with Crippen molar-refractivity contribution in [3.8, 4) is 0 Å². The van der Waals surface area contributed by atoms with Gasteiger partial charge in [-0.25, -0.2) is 0 Å². The van der Waals surface area contributed by atoms with Crippen LogP contribution in [0.1, 0.15) is 83.3 Å². The number of hydrogen-bond acceptors (Lipinski definition) is 2. The minimum Gasteiger partial charge on any atom is -0.467 e. The lowest BCUT2D eigenvalue weighted by Gasteiger charge is -2.40. The molecule has 0 aliphatic heterocycles. The standard InChI is InChI=1S/C21H34N2OS/c1-17-10-7-8-14-20(17)23(16-19-13-9-15-24-19)21(25)22-18-11-5-3-2-4-6-12-18/h9,13,15,17-18,20H,2-8,10-12,14,16H2,1H3,(H,22,25). The van der Waals surface area contributed by atoms with Crippen molar-refractivity contribution in [2.45, 2.75) is 96.2 Å². The average Bonchev–Trinajstić information content (AvgIpc) is 3.09. The Bertz CT molecular complexity index is 508. The van der Waals surface area contributed by atoms with Gasteiger partial charge in [0.2, 0.25) is 0 Å². The Morgan fingerprint density at radius 2 is 1.76 bits per heavy atom. The van der Waals surface area contributed by atoms with Crippen molar-refractivity contribution in [2.24, 2.45) is 5.92 Å². The van der Waals surface area contributed by atoms with Crippen LogP contribution in [0, 0.1) is 5.92 Å². The summed E-state index contributed by atoms with van der Waals surface area (Å²) in [7, 11) is 0. The highest BCUT2D eigenvalue weighted by Crippen LogP contribution is 2.30. The predicted octanol–water partition coefficient (Wildman–Crippen LogP) is 5.65. The monoisotopic (exact) mass is 362 g/mol. The van der Waals surface area contributed by atoms with E-state index in [9.17, 15) is 0 Å². The molecule has 2 aliphatic rings. The second-order valence-corrected chi connectivity index (χ2v) is 8.41. The van der Waals surface area contributed by atoms with Gasteiger partial charge in [-0.05, 0) is 56.0 Å². The fraction of sp³-hybridized carbons (Fsp3) is 0.762. The molecule has 2 aliphatic carbocycles. The molecule has 0 spiro atoms. The van der Waals surface area contributed by atoms with Gasteiger partial charge in [-0.3, -0.25) is 0 Å². The summed E-state index contributed by atoms with van der Waals surface area (Å²) in [5, 5.41) is 4.68. The molecule has 0 saturated heterocycles. The van der Waals surface area contributed by atoms with Gasteiger partial charge in [0.25, 0.3) is 0 Å². The van der Waals surface area contributed by atoms with E-state index >= 15 is 0 Å². The molecule has 2 saturated carbocycles. The van der Waals surface area contributed by atoms with Crippen LogP contribution in [0.5, 0.6) is 0 Å². The molecule has 0 amide bonds. The molecule has 25 heavy (non-hydrogen) atoms. The topological polar surface area (TPSA) is 28.4 Å². The summed E-state index contributed by atoms with van der Waals surface area (Å²) in [4.78, 5) is 2.43. The molecule has 1 aromatic rings. The van der Waals surface area contributed by atoms with Gasteiger partial charge < -0.3 is 14.6 Å². The quantitative estimate of drug-likeness (QED) is 0.701. The molecule has 0 radical (unpaired) electrons. The molecule has 1 N–H and O–H groups in total. The van der Waals surface area contributed by atoms with Crippen molar-refractivity contribution >= 4 is 17.3 Å². The maximum Gasteiger partial charge on any atom is 0.169 e. The summed E-state index contributed by atoms with van der Waals surface area (Å²) >= 11 is 5.91. The Morgan fingerprint density at radius 1 is 1.08 bits per heavy atom. The summed E-state index contributed by atoms with van der Waals surface area (Å²) < 4.78 is 5.64. The van der Waals surface area contributed by atoms with E-state index < -0.39 is 0 Å². The molecule has 3 rings (SSSR count). The maximum atomic E-state index is 5.91. The van der Waals surface area contributed by atoms with Crippen molar-refractivity contribution in [3.05, 3.63) is 24.2 Å². The minimum atomic E-state index is 0.535. The number of rotatable bonds is 4. The Balaban J connectivity index is 1.67. The average molecular weight is 363 g/mol. The molecule has 0 aromatic carbocycles. The first-order valence-corrected chi connectivity index (χ1v) is 10.7. The number of hydrogen-bond donors (Lipinski definition) is 1. The van der Waals surface area contributed by atoms with E-state index in [1.54, 1.807) is 6.26 Å². The zero-order chi connectivity index (χ0) is 17.5. The number of thiocarbonyl (C=S) groups is 1.